The first-order valence-corrected chi connectivity index (χ1v) is 29.8. The number of benzene rings is 1. The van der Waals surface area contributed by atoms with Crippen LogP contribution in [-0.2, 0) is 10.9 Å². The van der Waals surface area contributed by atoms with Crippen molar-refractivity contribution in [3.8, 4) is 0 Å². The summed E-state index contributed by atoms with van der Waals surface area (Å²) in [5, 5.41) is 0. The number of alkyl halides is 4. The summed E-state index contributed by atoms with van der Waals surface area (Å²) in [6, 6.07) is 7.28. The van der Waals surface area contributed by atoms with Crippen LogP contribution < -0.4 is 4.90 Å². The Morgan fingerprint density at radius 3 is 2.18 bits per heavy atom. The maximum Gasteiger partial charge on any atom is 0.416 e. The van der Waals surface area contributed by atoms with Crippen molar-refractivity contribution < 1.29 is 22.3 Å². The fraction of sp³-hybridized carbons (Fsp3) is 0.719. The van der Waals surface area contributed by atoms with Crippen LogP contribution in [0.5, 0.6) is 0 Å². The number of anilines is 1. The predicted molar refractivity (Wildman–Crippen MR) is 280 cm³/mol. The Labute approximate surface area is 425 Å². The standard InChI is InChI=1S/C64H86F4N2O/c1-2-42-16-34-53(35-17-42)71-54-36-23-46(24-37-54)63(45-10-4-3-5-11-45)59-14-8-6-12-55(59)56-38-33-52(41-60(56)63)69(50-29-21-47(22-30-50)64(66,67)68)49-27-18-43(19-28-49)44-20-39-62-58(40-44)57-13-7-9-15-61(57)70(62)51-31-25-48(65)26-32-51/h2,10,15,21-23,29-30,33,38,42-44,48-49,51-57,59-60H,1,3-9,11-14,16-20,24-28,31-32,34-37,39-41H2. The topological polar surface area (TPSA) is 15.7 Å². The highest BCUT2D eigenvalue weighted by Gasteiger charge is 2.63. The number of allylic oxidation sites excluding steroid dienone is 8. The maximum atomic E-state index is 14.4. The number of fused-ring (bicyclic) bond motifs is 5. The molecule has 71 heavy (non-hydrogen) atoms. The molecule has 7 heteroatoms. The van der Waals surface area contributed by atoms with Gasteiger partial charge in [0.25, 0.3) is 0 Å². The fourth-order valence-corrected chi connectivity index (χ4v) is 18.6. The monoisotopic (exact) mass is 975 g/mol. The molecule has 5 saturated carbocycles. The van der Waals surface area contributed by atoms with Crippen molar-refractivity contribution in [2.75, 3.05) is 4.90 Å². The Kier molecular flexibility index (Phi) is 14.2. The van der Waals surface area contributed by atoms with Gasteiger partial charge < -0.3 is 14.5 Å². The van der Waals surface area contributed by atoms with Crippen molar-refractivity contribution in [3.63, 3.8) is 0 Å². The van der Waals surface area contributed by atoms with Gasteiger partial charge in [-0.25, -0.2) is 4.39 Å². The maximum absolute atomic E-state index is 14.4. The molecule has 5 fully saturated rings. The van der Waals surface area contributed by atoms with Gasteiger partial charge in [0, 0.05) is 46.5 Å². The zero-order chi connectivity index (χ0) is 48.3. The van der Waals surface area contributed by atoms with Crippen LogP contribution >= 0.6 is 0 Å². The molecule has 3 nitrogen and oxygen atoms in total. The molecule has 0 N–H and O–H groups in total. The van der Waals surface area contributed by atoms with E-state index in [1.54, 1.807) is 28.1 Å². The third-order valence-corrected chi connectivity index (χ3v) is 21.8. The van der Waals surface area contributed by atoms with E-state index < -0.39 is 17.9 Å². The molecule has 0 aromatic heterocycles. The van der Waals surface area contributed by atoms with E-state index in [4.69, 9.17) is 4.74 Å². The molecule has 9 atom stereocenters. The Morgan fingerprint density at radius 2 is 1.45 bits per heavy atom. The number of hydrogen-bond acceptors (Lipinski definition) is 3. The summed E-state index contributed by atoms with van der Waals surface area (Å²) in [7, 11) is 0. The third-order valence-electron chi connectivity index (χ3n) is 21.8. The first kappa shape index (κ1) is 48.9. The summed E-state index contributed by atoms with van der Waals surface area (Å²) in [5.41, 5.74) is 8.92. The van der Waals surface area contributed by atoms with Gasteiger partial charge in [-0.05, 0) is 251 Å². The first-order valence-electron chi connectivity index (χ1n) is 29.8. The highest BCUT2D eigenvalue weighted by Crippen LogP contribution is 2.70. The lowest BCUT2D eigenvalue weighted by atomic mass is 9.54. The van der Waals surface area contributed by atoms with E-state index in [0.29, 0.717) is 84.5 Å². The molecule has 0 saturated heterocycles. The van der Waals surface area contributed by atoms with Crippen molar-refractivity contribution in [2.45, 2.75) is 235 Å². The minimum Gasteiger partial charge on any atom is -0.375 e. The lowest BCUT2D eigenvalue weighted by Crippen LogP contribution is -2.49. The van der Waals surface area contributed by atoms with Crippen molar-refractivity contribution in [2.24, 2.45) is 52.8 Å². The lowest BCUT2D eigenvalue weighted by molar-refractivity contribution is -0.137. The van der Waals surface area contributed by atoms with Gasteiger partial charge in [-0.2, -0.15) is 13.2 Å². The van der Waals surface area contributed by atoms with Gasteiger partial charge in [0.1, 0.15) is 6.17 Å². The summed E-state index contributed by atoms with van der Waals surface area (Å²) in [6.45, 7) is 4.08. The second kappa shape index (κ2) is 20.6. The van der Waals surface area contributed by atoms with Gasteiger partial charge in [-0.3, -0.25) is 0 Å². The second-order valence-corrected chi connectivity index (χ2v) is 25.2. The molecule has 1 heterocycles. The average molecular weight is 975 g/mol. The van der Waals surface area contributed by atoms with Gasteiger partial charge in [-0.1, -0.05) is 60.4 Å². The molecule has 1 aromatic carbocycles. The normalized spacial score (nSPS) is 40.7. The lowest BCUT2D eigenvalue weighted by Gasteiger charge is -2.52. The minimum atomic E-state index is -4.36. The number of halogens is 4. The van der Waals surface area contributed by atoms with E-state index in [1.807, 2.05) is 12.1 Å². The number of ether oxygens (including phenoxy) is 1. The molecule has 0 radical (unpaired) electrons. The van der Waals surface area contributed by atoms with Crippen LogP contribution in [0, 0.1) is 52.8 Å². The minimum absolute atomic E-state index is 0.0695. The van der Waals surface area contributed by atoms with Crippen LogP contribution in [0.25, 0.3) is 0 Å². The van der Waals surface area contributed by atoms with Crippen molar-refractivity contribution in [1.82, 2.24) is 4.90 Å². The largest absolute Gasteiger partial charge is 0.416 e. The van der Waals surface area contributed by atoms with Gasteiger partial charge in [0.2, 0.25) is 0 Å². The van der Waals surface area contributed by atoms with E-state index in [1.165, 1.54) is 121 Å². The van der Waals surface area contributed by atoms with E-state index in [0.717, 1.165) is 76.3 Å². The van der Waals surface area contributed by atoms with Crippen molar-refractivity contribution >= 4 is 5.69 Å². The smallest absolute Gasteiger partial charge is 0.375 e. The van der Waals surface area contributed by atoms with Crippen LogP contribution in [0.2, 0.25) is 0 Å². The average Bonchev–Trinajstić information content (AvgIpc) is 3.90. The van der Waals surface area contributed by atoms with E-state index in [2.05, 4.69) is 52.8 Å². The number of nitrogens with zero attached hydrogens (tertiary/aromatic N) is 2. The molecule has 10 aliphatic carbocycles. The molecular weight excluding hydrogens is 889 g/mol. The van der Waals surface area contributed by atoms with Gasteiger partial charge in [-0.15, -0.1) is 6.58 Å². The molecule has 12 rings (SSSR count). The van der Waals surface area contributed by atoms with Crippen LogP contribution in [0.1, 0.15) is 198 Å². The van der Waals surface area contributed by atoms with E-state index in [9.17, 15) is 17.6 Å². The van der Waals surface area contributed by atoms with Crippen LogP contribution in [0.4, 0.5) is 23.2 Å². The molecule has 386 valence electrons. The Balaban J connectivity index is 0.817. The molecule has 1 aliphatic heterocycles. The molecule has 9 unspecified atom stereocenters. The summed E-state index contributed by atoms with van der Waals surface area (Å²) in [4.78, 5) is 5.43. The highest BCUT2D eigenvalue weighted by atomic mass is 19.4. The predicted octanol–water partition coefficient (Wildman–Crippen LogP) is 17.5. The molecule has 0 amide bonds. The van der Waals surface area contributed by atoms with Crippen LogP contribution in [0.3, 0.4) is 0 Å². The quantitative estimate of drug-likeness (QED) is 0.172. The summed E-state index contributed by atoms with van der Waals surface area (Å²) >= 11 is 0. The second-order valence-electron chi connectivity index (χ2n) is 25.2. The highest BCUT2D eigenvalue weighted by molar-refractivity contribution is 5.52. The summed E-state index contributed by atoms with van der Waals surface area (Å²) in [5.74, 6) is 5.01. The Bertz CT molecular complexity index is 2210. The molecule has 0 bridgehead atoms. The van der Waals surface area contributed by atoms with Crippen LogP contribution in [0.15, 0.2) is 95.4 Å². The Morgan fingerprint density at radius 1 is 0.676 bits per heavy atom. The number of rotatable bonds is 10. The third kappa shape index (κ3) is 9.22. The molecular formula is C64H86F4N2O. The SMILES string of the molecule is C=CC1CCC(OC2CC=C(C3(C4=CCCCC4)C4CC(N(c5ccc(C(F)(F)F)cc5)C5CCC(C6CCC7=C(C6)C6CCCC=C6N7C6CCC(F)CC6)CC5)C=CC4C4CCCCC43)CC2)CC1. The first-order chi connectivity index (χ1) is 34.7. The van der Waals surface area contributed by atoms with Crippen molar-refractivity contribution in [1.29, 1.82) is 0 Å². The van der Waals surface area contributed by atoms with Crippen LogP contribution in [-0.4, -0.2) is 41.4 Å². The number of hydrogen-bond donors (Lipinski definition) is 0. The molecule has 0 spiro atoms. The van der Waals surface area contributed by atoms with E-state index in [-0.39, 0.29) is 11.5 Å². The van der Waals surface area contributed by atoms with Gasteiger partial charge >= 0.3 is 6.18 Å². The zero-order valence-electron chi connectivity index (χ0n) is 43.1. The zero-order valence-corrected chi connectivity index (χ0v) is 43.1. The van der Waals surface area contributed by atoms with Gasteiger partial charge in [0.15, 0.2) is 0 Å². The molecule has 11 aliphatic rings. The van der Waals surface area contributed by atoms with Crippen molar-refractivity contribution in [3.05, 3.63) is 101 Å². The fourth-order valence-electron chi connectivity index (χ4n) is 18.6. The Hall–Kier alpha value is -3.06. The summed E-state index contributed by atoms with van der Waals surface area (Å²) < 4.78 is 63.9. The van der Waals surface area contributed by atoms with Gasteiger partial charge in [0.05, 0.1) is 17.8 Å². The molecule has 1 aromatic rings. The van der Waals surface area contributed by atoms with E-state index >= 15 is 0 Å². The summed E-state index contributed by atoms with van der Waals surface area (Å²) in [6.07, 6.45) is 45.8.